The number of sulfonamides is 1. The average molecular weight is 650 g/mol. The quantitative estimate of drug-likeness (QED) is 0.119. The van der Waals surface area contributed by atoms with Crippen molar-refractivity contribution in [3.8, 4) is 0 Å². The van der Waals surface area contributed by atoms with Crippen molar-refractivity contribution < 1.29 is 13.2 Å². The third-order valence-electron chi connectivity index (χ3n) is 9.58. The molecule has 8 rings (SSSR count). The predicted molar refractivity (Wildman–Crippen MR) is 183 cm³/mol. The van der Waals surface area contributed by atoms with Crippen LogP contribution in [0.3, 0.4) is 0 Å². The molecule has 0 aliphatic heterocycles. The fraction of sp³-hybridized carbons (Fsp3) is 0.361. The molecule has 2 amide bonds. The van der Waals surface area contributed by atoms with E-state index in [1.165, 1.54) is 5.56 Å². The Morgan fingerprint density at radius 1 is 0.957 bits per heavy atom. The number of para-hydroxylation sites is 2. The van der Waals surface area contributed by atoms with Crippen molar-refractivity contribution in [2.24, 2.45) is 5.92 Å². The zero-order valence-electron chi connectivity index (χ0n) is 26.5. The second-order valence-electron chi connectivity index (χ2n) is 13.6. The highest BCUT2D eigenvalue weighted by Gasteiger charge is 2.41. The van der Waals surface area contributed by atoms with Gasteiger partial charge in [0.15, 0.2) is 0 Å². The fourth-order valence-electron chi connectivity index (χ4n) is 6.92. The Morgan fingerprint density at radius 2 is 1.74 bits per heavy atom. The van der Waals surface area contributed by atoms with Crippen molar-refractivity contribution in [1.29, 1.82) is 0 Å². The molecular formula is C36H39N7O3S. The van der Waals surface area contributed by atoms with Crippen LogP contribution in [0.15, 0.2) is 77.8 Å². The highest BCUT2D eigenvalue weighted by Crippen LogP contribution is 2.48. The Kier molecular flexibility index (Phi) is 7.40. The molecule has 3 aromatic carbocycles. The van der Waals surface area contributed by atoms with E-state index in [0.29, 0.717) is 36.1 Å². The monoisotopic (exact) mass is 649 g/mol. The van der Waals surface area contributed by atoms with Crippen LogP contribution in [0.5, 0.6) is 0 Å². The number of H-pyrrole nitrogens is 1. The number of rotatable bonds is 10. The molecule has 0 spiro atoms. The van der Waals surface area contributed by atoms with Crippen LogP contribution in [0.1, 0.15) is 85.8 Å². The number of nitrogens with zero attached hydrogens (tertiary/aromatic N) is 2. The van der Waals surface area contributed by atoms with E-state index >= 15 is 0 Å². The lowest BCUT2D eigenvalue weighted by Crippen LogP contribution is -2.39. The number of imidazole rings is 1. The lowest BCUT2D eigenvalue weighted by Gasteiger charge is -2.19. The first-order valence-corrected chi connectivity index (χ1v) is 18.0. The molecule has 2 fully saturated rings. The van der Waals surface area contributed by atoms with E-state index in [9.17, 15) is 13.2 Å². The summed E-state index contributed by atoms with van der Waals surface area (Å²) >= 11 is 0. The van der Waals surface area contributed by atoms with Crippen molar-refractivity contribution >= 4 is 43.8 Å². The number of anilines is 1. The summed E-state index contributed by atoms with van der Waals surface area (Å²) in [5, 5.41) is 11.4. The third kappa shape index (κ3) is 5.94. The second-order valence-corrected chi connectivity index (χ2v) is 15.4. The first-order valence-electron chi connectivity index (χ1n) is 16.5. The summed E-state index contributed by atoms with van der Waals surface area (Å²) < 4.78 is 30.6. The van der Waals surface area contributed by atoms with Crippen molar-refractivity contribution in [2.75, 3.05) is 11.9 Å². The second kappa shape index (κ2) is 11.6. The Bertz CT molecular complexity index is 2060. The van der Waals surface area contributed by atoms with E-state index in [4.69, 9.17) is 9.97 Å². The molecule has 0 radical (unpaired) electrons. The molecule has 10 nitrogen and oxygen atoms in total. The summed E-state index contributed by atoms with van der Waals surface area (Å²) in [6, 6.07) is 20.9. The highest BCUT2D eigenvalue weighted by molar-refractivity contribution is 7.89. The molecule has 0 saturated heterocycles. The molecule has 242 valence electrons. The first-order chi connectivity index (χ1) is 22.7. The number of carbonyl (C=O) groups is 1. The number of urea groups is 1. The van der Waals surface area contributed by atoms with E-state index in [0.717, 1.165) is 52.5 Å². The number of aromatic amines is 1. The van der Waals surface area contributed by atoms with Gasteiger partial charge in [0.25, 0.3) is 0 Å². The zero-order chi connectivity index (χ0) is 32.3. The van der Waals surface area contributed by atoms with Gasteiger partial charge < -0.3 is 20.9 Å². The highest BCUT2D eigenvalue weighted by atomic mass is 32.2. The molecule has 2 heterocycles. The summed E-state index contributed by atoms with van der Waals surface area (Å²) in [6.07, 6.45) is 5.34. The topological polar surface area (TPSA) is 141 Å². The van der Waals surface area contributed by atoms with E-state index in [1.54, 1.807) is 6.07 Å². The van der Waals surface area contributed by atoms with Gasteiger partial charge in [0.2, 0.25) is 16.0 Å². The maximum absolute atomic E-state index is 13.9. The number of benzene rings is 3. The van der Waals surface area contributed by atoms with Crippen LogP contribution in [-0.2, 0) is 10.0 Å². The smallest absolute Gasteiger partial charge is 0.315 e. The minimum Gasteiger partial charge on any atom is -0.349 e. The molecule has 4 atom stereocenters. The van der Waals surface area contributed by atoms with Gasteiger partial charge in [0.1, 0.15) is 0 Å². The molecule has 3 aliphatic rings. The summed E-state index contributed by atoms with van der Waals surface area (Å²) in [7, 11) is -3.86. The van der Waals surface area contributed by atoms with Gasteiger partial charge in [-0.25, -0.2) is 22.9 Å². The molecule has 0 bridgehead atoms. The normalized spacial score (nSPS) is 22.0. The van der Waals surface area contributed by atoms with Crippen molar-refractivity contribution in [1.82, 2.24) is 30.3 Å². The van der Waals surface area contributed by atoms with Crippen molar-refractivity contribution in [3.05, 3.63) is 95.3 Å². The SMILES string of the molecule is CC(C)CNS(=O)(=O)c1cc2c(c3cnc(C4CC4)cc13)[C@@H](Nc1nc3ccccc3[nH]1)C[C@@H]2NC(=O)NC1CC1c1ccccc1. The standard InChI is InChI=1S/C36H39N7O3S/c1-20(2)18-38-47(45,46)33-16-25-31(43-36(44)42-30-14-23(30)21-8-4-3-5-9-21)17-32(41-35-39-27-10-6-7-11-28(27)40-35)34(25)26-19-37-29(15-24(26)33)22-12-13-22/h3-11,15-16,19-20,22-23,30-32,38H,12-14,17-18H2,1-2H3,(H2,39,40,41)(H2,42,43,44)/t23?,30?,31-,32-/m0/s1. The Balaban J connectivity index is 1.17. The average Bonchev–Trinajstić information content (AvgIpc) is 3.98. The van der Waals surface area contributed by atoms with Crippen molar-refractivity contribution in [3.63, 3.8) is 0 Å². The number of carbonyl (C=O) groups excluding carboxylic acids is 1. The van der Waals surface area contributed by atoms with Gasteiger partial charge in [-0.15, -0.1) is 0 Å². The van der Waals surface area contributed by atoms with Gasteiger partial charge in [-0.1, -0.05) is 56.3 Å². The maximum Gasteiger partial charge on any atom is 0.315 e. The molecule has 47 heavy (non-hydrogen) atoms. The van der Waals surface area contributed by atoms with Crippen LogP contribution in [0.25, 0.3) is 21.8 Å². The summed E-state index contributed by atoms with van der Waals surface area (Å²) in [6.45, 7) is 4.28. The minimum atomic E-state index is -3.86. The molecular weight excluding hydrogens is 611 g/mol. The van der Waals surface area contributed by atoms with Crippen LogP contribution in [0.4, 0.5) is 10.7 Å². The van der Waals surface area contributed by atoms with E-state index in [2.05, 4.69) is 37.8 Å². The summed E-state index contributed by atoms with van der Waals surface area (Å²) in [4.78, 5) is 26.6. The maximum atomic E-state index is 13.9. The van der Waals surface area contributed by atoms with Gasteiger partial charge in [-0.2, -0.15) is 0 Å². The van der Waals surface area contributed by atoms with E-state index in [1.807, 2.05) is 68.6 Å². The predicted octanol–water partition coefficient (Wildman–Crippen LogP) is 6.38. The number of amides is 2. The van der Waals surface area contributed by atoms with Crippen LogP contribution in [0, 0.1) is 5.92 Å². The van der Waals surface area contributed by atoms with Crippen LogP contribution in [-0.4, -0.2) is 42.0 Å². The number of hydrogen-bond acceptors (Lipinski definition) is 6. The van der Waals surface area contributed by atoms with Gasteiger partial charge in [-0.05, 0) is 72.6 Å². The van der Waals surface area contributed by atoms with E-state index in [-0.39, 0.29) is 28.9 Å². The molecule has 2 aromatic heterocycles. The van der Waals surface area contributed by atoms with Crippen LogP contribution < -0.4 is 20.7 Å². The van der Waals surface area contributed by atoms with Gasteiger partial charge in [0, 0.05) is 47.1 Å². The summed E-state index contributed by atoms with van der Waals surface area (Å²) in [5.74, 6) is 1.41. The van der Waals surface area contributed by atoms with Gasteiger partial charge in [-0.3, -0.25) is 4.98 Å². The molecule has 5 aromatic rings. The van der Waals surface area contributed by atoms with Crippen molar-refractivity contribution in [2.45, 2.75) is 74.4 Å². The fourth-order valence-corrected chi connectivity index (χ4v) is 8.37. The third-order valence-corrected chi connectivity index (χ3v) is 11.0. The molecule has 2 unspecified atom stereocenters. The van der Waals surface area contributed by atoms with Gasteiger partial charge in [0.05, 0.1) is 28.0 Å². The Hall–Kier alpha value is -4.48. The van der Waals surface area contributed by atoms with Crippen LogP contribution >= 0.6 is 0 Å². The molecule has 2 saturated carbocycles. The minimum absolute atomic E-state index is 0.0561. The number of nitrogens with one attached hydrogen (secondary N) is 5. The number of pyridine rings is 1. The van der Waals surface area contributed by atoms with E-state index < -0.39 is 16.1 Å². The molecule has 3 aliphatic carbocycles. The first kappa shape index (κ1) is 29.9. The molecule has 5 N–H and O–H groups in total. The summed E-state index contributed by atoms with van der Waals surface area (Å²) in [5.41, 5.74) is 5.59. The van der Waals surface area contributed by atoms with Gasteiger partial charge >= 0.3 is 6.03 Å². The Morgan fingerprint density at radius 3 is 2.51 bits per heavy atom. The lowest BCUT2D eigenvalue weighted by atomic mass is 9.98. The molecule has 11 heteroatoms. The largest absolute Gasteiger partial charge is 0.349 e. The lowest BCUT2D eigenvalue weighted by molar-refractivity contribution is 0.236. The Labute approximate surface area is 274 Å². The number of aromatic nitrogens is 3. The number of fused-ring (bicyclic) bond motifs is 4. The zero-order valence-corrected chi connectivity index (χ0v) is 27.3. The number of hydrogen-bond donors (Lipinski definition) is 5. The van der Waals surface area contributed by atoms with Crippen LogP contribution in [0.2, 0.25) is 0 Å².